The number of aromatic nitrogens is 2. The fourth-order valence-corrected chi connectivity index (χ4v) is 4.80. The van der Waals surface area contributed by atoms with Crippen molar-refractivity contribution in [3.8, 4) is 0 Å². The highest BCUT2D eigenvalue weighted by Crippen LogP contribution is 2.29. The van der Waals surface area contributed by atoms with Gasteiger partial charge in [0.1, 0.15) is 0 Å². The molecule has 3 atom stereocenters. The molecule has 0 aromatic carbocycles. The van der Waals surface area contributed by atoms with E-state index in [2.05, 4.69) is 15.3 Å². The van der Waals surface area contributed by atoms with Crippen LogP contribution in [0, 0.1) is 5.92 Å². The van der Waals surface area contributed by atoms with Crippen molar-refractivity contribution in [2.24, 2.45) is 5.92 Å². The van der Waals surface area contributed by atoms with Gasteiger partial charge >= 0.3 is 0 Å². The molecule has 26 heavy (non-hydrogen) atoms. The summed E-state index contributed by atoms with van der Waals surface area (Å²) in [6.07, 6.45) is 4.57. The molecule has 1 saturated heterocycles. The van der Waals surface area contributed by atoms with Gasteiger partial charge < -0.3 is 19.9 Å². The molecule has 3 rings (SSSR count). The average Bonchev–Trinajstić information content (AvgIpc) is 3.16. The van der Waals surface area contributed by atoms with E-state index in [1.807, 2.05) is 0 Å². The van der Waals surface area contributed by atoms with Gasteiger partial charge in [-0.3, -0.25) is 9.59 Å². The molecule has 1 saturated carbocycles. The van der Waals surface area contributed by atoms with Crippen LogP contribution in [0.3, 0.4) is 0 Å². The molecule has 10 heteroatoms. The standard InChI is InChI=1S/C16H24N4O5S/c1-25-13-10-11(16(22)20-6-8-26(23,24)9-7-20)2-3-12(13)19-15(21)14-17-4-5-18-14/h4-5,11-13H,2-3,6-10H2,1H3,(H,17,18)(H,19,21)/t11-,12-,13-/m0/s1. The Morgan fingerprint density at radius 2 is 2.04 bits per heavy atom. The Hall–Kier alpha value is -1.94. The van der Waals surface area contributed by atoms with Crippen molar-refractivity contribution in [1.29, 1.82) is 0 Å². The van der Waals surface area contributed by atoms with E-state index in [1.54, 1.807) is 18.2 Å². The molecule has 2 heterocycles. The number of aromatic amines is 1. The summed E-state index contributed by atoms with van der Waals surface area (Å²) < 4.78 is 28.6. The fraction of sp³-hybridized carbons (Fsp3) is 0.688. The summed E-state index contributed by atoms with van der Waals surface area (Å²) in [5.74, 6) is -0.224. The first-order valence-corrected chi connectivity index (χ1v) is 10.5. The third kappa shape index (κ3) is 4.24. The van der Waals surface area contributed by atoms with Crippen LogP contribution in [0.15, 0.2) is 12.4 Å². The molecule has 2 N–H and O–H groups in total. The summed E-state index contributed by atoms with van der Waals surface area (Å²) in [5.41, 5.74) is 0. The second-order valence-electron chi connectivity index (χ2n) is 6.78. The van der Waals surface area contributed by atoms with Crippen molar-refractivity contribution >= 4 is 21.7 Å². The van der Waals surface area contributed by atoms with E-state index in [4.69, 9.17) is 4.74 Å². The minimum atomic E-state index is -3.01. The minimum Gasteiger partial charge on any atom is -0.379 e. The zero-order chi connectivity index (χ0) is 18.7. The molecule has 0 radical (unpaired) electrons. The number of hydrogen-bond acceptors (Lipinski definition) is 6. The van der Waals surface area contributed by atoms with Crippen LogP contribution in [0.5, 0.6) is 0 Å². The maximum absolute atomic E-state index is 12.7. The molecule has 1 aromatic rings. The number of nitrogens with zero attached hydrogens (tertiary/aromatic N) is 2. The van der Waals surface area contributed by atoms with E-state index in [0.29, 0.717) is 19.3 Å². The molecule has 144 valence electrons. The summed E-state index contributed by atoms with van der Waals surface area (Å²) in [6.45, 7) is 0.516. The number of methoxy groups -OCH3 is 1. The Kier molecular flexibility index (Phi) is 5.61. The summed E-state index contributed by atoms with van der Waals surface area (Å²) in [7, 11) is -1.45. The van der Waals surface area contributed by atoms with Crippen LogP contribution in [-0.2, 0) is 19.4 Å². The quantitative estimate of drug-likeness (QED) is 0.727. The third-order valence-electron chi connectivity index (χ3n) is 5.13. The van der Waals surface area contributed by atoms with Gasteiger partial charge in [0.25, 0.3) is 5.91 Å². The van der Waals surface area contributed by atoms with Crippen LogP contribution in [0.2, 0.25) is 0 Å². The van der Waals surface area contributed by atoms with Gasteiger partial charge in [-0.15, -0.1) is 0 Å². The van der Waals surface area contributed by atoms with Gasteiger partial charge in [-0.2, -0.15) is 0 Å². The number of carbonyl (C=O) groups excluding carboxylic acids is 2. The molecule has 1 aliphatic carbocycles. The lowest BCUT2D eigenvalue weighted by Crippen LogP contribution is -2.52. The summed E-state index contributed by atoms with van der Waals surface area (Å²) in [5, 5.41) is 2.91. The normalized spacial score (nSPS) is 28.5. The first-order chi connectivity index (χ1) is 12.4. The van der Waals surface area contributed by atoms with E-state index < -0.39 is 9.84 Å². The molecular formula is C16H24N4O5S. The second kappa shape index (κ2) is 7.75. The fourth-order valence-electron chi connectivity index (χ4n) is 3.60. The van der Waals surface area contributed by atoms with E-state index in [1.165, 1.54) is 6.20 Å². The topological polar surface area (TPSA) is 121 Å². The van der Waals surface area contributed by atoms with E-state index in [0.717, 1.165) is 0 Å². The molecule has 0 unspecified atom stereocenters. The van der Waals surface area contributed by atoms with Crippen molar-refractivity contribution in [1.82, 2.24) is 20.2 Å². The maximum atomic E-state index is 12.7. The number of carbonyl (C=O) groups is 2. The average molecular weight is 384 g/mol. The summed E-state index contributed by atoms with van der Waals surface area (Å²) >= 11 is 0. The van der Waals surface area contributed by atoms with Crippen molar-refractivity contribution < 1.29 is 22.7 Å². The van der Waals surface area contributed by atoms with E-state index >= 15 is 0 Å². The highest BCUT2D eigenvalue weighted by molar-refractivity contribution is 7.91. The van der Waals surface area contributed by atoms with Crippen LogP contribution in [0.4, 0.5) is 0 Å². The minimum absolute atomic E-state index is 0.0160. The zero-order valence-electron chi connectivity index (χ0n) is 14.7. The van der Waals surface area contributed by atoms with Gasteiger partial charge in [0.2, 0.25) is 5.91 Å². The Morgan fingerprint density at radius 3 is 2.65 bits per heavy atom. The molecule has 1 aliphatic heterocycles. The lowest BCUT2D eigenvalue weighted by molar-refractivity contribution is -0.138. The number of hydrogen-bond donors (Lipinski definition) is 2. The van der Waals surface area contributed by atoms with Gasteiger partial charge in [-0.25, -0.2) is 13.4 Å². The Bertz CT molecular complexity index is 735. The Morgan fingerprint density at radius 1 is 1.31 bits per heavy atom. The molecule has 0 spiro atoms. The van der Waals surface area contributed by atoms with Crippen LogP contribution in [0.1, 0.15) is 29.9 Å². The van der Waals surface area contributed by atoms with Gasteiger partial charge in [-0.05, 0) is 19.3 Å². The maximum Gasteiger partial charge on any atom is 0.287 e. The van der Waals surface area contributed by atoms with Crippen LogP contribution < -0.4 is 5.32 Å². The number of amides is 2. The Balaban J connectivity index is 1.57. The zero-order valence-corrected chi connectivity index (χ0v) is 15.5. The number of imidazole rings is 1. The first-order valence-electron chi connectivity index (χ1n) is 8.72. The number of nitrogens with one attached hydrogen (secondary N) is 2. The molecule has 2 amide bonds. The predicted octanol–water partition coefficient (Wildman–Crippen LogP) is -0.420. The van der Waals surface area contributed by atoms with Crippen LogP contribution in [0.25, 0.3) is 0 Å². The molecule has 2 aliphatic rings. The first kappa shape index (κ1) is 18.8. The molecular weight excluding hydrogens is 360 g/mol. The number of sulfone groups is 1. The van der Waals surface area contributed by atoms with Crippen LogP contribution >= 0.6 is 0 Å². The second-order valence-corrected chi connectivity index (χ2v) is 9.08. The van der Waals surface area contributed by atoms with E-state index in [9.17, 15) is 18.0 Å². The number of rotatable bonds is 4. The Labute approximate surface area is 152 Å². The highest BCUT2D eigenvalue weighted by atomic mass is 32.2. The largest absolute Gasteiger partial charge is 0.379 e. The SMILES string of the molecule is CO[C@H]1C[C@@H](C(=O)N2CCS(=O)(=O)CC2)CC[C@@H]1NC(=O)c1ncc[nH]1. The molecule has 9 nitrogen and oxygen atoms in total. The summed E-state index contributed by atoms with van der Waals surface area (Å²) in [4.78, 5) is 33.2. The van der Waals surface area contributed by atoms with Gasteiger partial charge in [0, 0.05) is 38.5 Å². The van der Waals surface area contributed by atoms with Gasteiger partial charge in [0.05, 0.1) is 23.7 Å². The molecule has 0 bridgehead atoms. The van der Waals surface area contributed by atoms with Crippen molar-refractivity contribution in [2.75, 3.05) is 31.7 Å². The van der Waals surface area contributed by atoms with Gasteiger partial charge in [-0.1, -0.05) is 0 Å². The molecule has 2 fully saturated rings. The predicted molar refractivity (Wildman–Crippen MR) is 93.2 cm³/mol. The van der Waals surface area contributed by atoms with Crippen molar-refractivity contribution in [3.05, 3.63) is 18.2 Å². The molecule has 1 aromatic heterocycles. The number of ether oxygens (including phenoxy) is 1. The van der Waals surface area contributed by atoms with E-state index in [-0.39, 0.29) is 60.3 Å². The van der Waals surface area contributed by atoms with Gasteiger partial charge in [0.15, 0.2) is 15.7 Å². The lowest BCUT2D eigenvalue weighted by Gasteiger charge is -2.37. The van der Waals surface area contributed by atoms with Crippen molar-refractivity contribution in [3.63, 3.8) is 0 Å². The van der Waals surface area contributed by atoms with Crippen molar-refractivity contribution in [2.45, 2.75) is 31.4 Å². The highest BCUT2D eigenvalue weighted by Gasteiger charge is 2.38. The third-order valence-corrected chi connectivity index (χ3v) is 6.74. The monoisotopic (exact) mass is 384 g/mol. The van der Waals surface area contributed by atoms with Crippen LogP contribution in [-0.4, -0.2) is 79.0 Å². The number of H-pyrrole nitrogens is 1. The smallest absolute Gasteiger partial charge is 0.287 e. The lowest BCUT2D eigenvalue weighted by atomic mass is 9.82. The summed E-state index contributed by atoms with van der Waals surface area (Å²) in [6, 6.07) is -0.191.